The number of hydrogen-bond acceptors (Lipinski definition) is 3. The van der Waals surface area contributed by atoms with E-state index in [1.165, 1.54) is 19.3 Å². The molecule has 0 N–H and O–H groups in total. The molecule has 4 aliphatic carbocycles. The van der Waals surface area contributed by atoms with E-state index >= 15 is 0 Å². The number of halogens is 1. The van der Waals surface area contributed by atoms with Crippen molar-refractivity contribution in [1.82, 2.24) is 9.97 Å². The molecule has 2 aromatic rings. The molecule has 0 unspecified atom stereocenters. The van der Waals surface area contributed by atoms with Crippen molar-refractivity contribution in [3.05, 3.63) is 46.4 Å². The summed E-state index contributed by atoms with van der Waals surface area (Å²) < 4.78 is 0. The Kier molecular flexibility index (Phi) is 3.99. The lowest BCUT2D eigenvalue weighted by Gasteiger charge is -2.61. The van der Waals surface area contributed by atoms with Gasteiger partial charge in [0.15, 0.2) is 0 Å². The van der Waals surface area contributed by atoms with Gasteiger partial charge >= 0.3 is 6.03 Å². The van der Waals surface area contributed by atoms with Crippen molar-refractivity contribution in [2.24, 2.45) is 17.8 Å². The zero-order valence-electron chi connectivity index (χ0n) is 17.6. The number of carbonyl (C=O) groups is 1. The van der Waals surface area contributed by atoms with E-state index in [0.29, 0.717) is 6.54 Å². The fourth-order valence-corrected chi connectivity index (χ4v) is 7.43. The second kappa shape index (κ2) is 6.43. The van der Waals surface area contributed by atoms with Crippen LogP contribution in [-0.4, -0.2) is 21.5 Å². The summed E-state index contributed by atoms with van der Waals surface area (Å²) in [5, 5.41) is 0.219. The largest absolute Gasteiger partial charge is 0.331 e. The minimum absolute atomic E-state index is 0.0524. The van der Waals surface area contributed by atoms with Crippen LogP contribution in [0.1, 0.15) is 55.2 Å². The fraction of sp³-hybridized carbons (Fsp3) is 0.542. The molecule has 156 valence electrons. The first-order valence-corrected chi connectivity index (χ1v) is 11.5. The highest BCUT2D eigenvalue weighted by Crippen LogP contribution is 2.59. The van der Waals surface area contributed by atoms with Gasteiger partial charge in [0.1, 0.15) is 5.82 Å². The van der Waals surface area contributed by atoms with E-state index in [0.717, 1.165) is 65.2 Å². The maximum absolute atomic E-state index is 14.2. The number of benzene rings is 1. The Labute approximate surface area is 182 Å². The Morgan fingerprint density at radius 2 is 1.63 bits per heavy atom. The molecule has 2 amide bonds. The number of rotatable bonds is 2. The summed E-state index contributed by atoms with van der Waals surface area (Å²) in [6, 6.07) is 6.27. The zero-order chi connectivity index (χ0) is 20.6. The van der Waals surface area contributed by atoms with E-state index in [2.05, 4.69) is 46.9 Å². The SMILES string of the molecule is Cc1cccc(C)c1N1Cc2cnc(Cl)nc2N(C23CC4CC(CC(C4)C2)C3)C1=O. The third kappa shape index (κ3) is 2.64. The second-order valence-electron chi connectivity index (χ2n) is 10.1. The number of para-hydroxylation sites is 1. The van der Waals surface area contributed by atoms with Crippen molar-refractivity contribution in [3.8, 4) is 0 Å². The summed E-state index contributed by atoms with van der Waals surface area (Å²) in [6.45, 7) is 4.65. The first-order chi connectivity index (χ1) is 14.4. The summed E-state index contributed by atoms with van der Waals surface area (Å²) in [5.41, 5.74) is 4.10. The Bertz CT molecular complexity index is 996. The van der Waals surface area contributed by atoms with E-state index in [-0.39, 0.29) is 16.9 Å². The average molecular weight is 423 g/mol. The number of urea groups is 1. The fourth-order valence-electron chi connectivity index (χ4n) is 7.30. The third-order valence-electron chi connectivity index (χ3n) is 7.96. The quantitative estimate of drug-likeness (QED) is 0.586. The van der Waals surface area contributed by atoms with Crippen molar-refractivity contribution in [2.75, 3.05) is 9.80 Å². The summed E-state index contributed by atoms with van der Waals surface area (Å²) in [7, 11) is 0. The van der Waals surface area contributed by atoms with Crippen LogP contribution in [0.5, 0.6) is 0 Å². The van der Waals surface area contributed by atoms with Crippen LogP contribution < -0.4 is 9.80 Å². The normalized spacial score (nSPS) is 32.0. The zero-order valence-corrected chi connectivity index (χ0v) is 18.3. The van der Waals surface area contributed by atoms with Gasteiger partial charge in [0, 0.05) is 11.8 Å². The summed E-state index contributed by atoms with van der Waals surface area (Å²) in [6.07, 6.45) is 9.08. The molecule has 4 bridgehead atoms. The average Bonchev–Trinajstić information content (AvgIpc) is 2.67. The van der Waals surface area contributed by atoms with Crippen LogP contribution >= 0.6 is 11.6 Å². The Morgan fingerprint density at radius 1 is 1.03 bits per heavy atom. The lowest BCUT2D eigenvalue weighted by Crippen LogP contribution is -2.65. The van der Waals surface area contributed by atoms with Crippen molar-refractivity contribution in [3.63, 3.8) is 0 Å². The molecule has 4 fully saturated rings. The maximum atomic E-state index is 14.2. The molecule has 0 atom stereocenters. The van der Waals surface area contributed by atoms with Gasteiger partial charge in [-0.3, -0.25) is 9.80 Å². The number of hydrogen-bond donors (Lipinski definition) is 0. The van der Waals surface area contributed by atoms with Gasteiger partial charge in [0.2, 0.25) is 5.28 Å². The number of aryl methyl sites for hydroxylation is 2. The van der Waals surface area contributed by atoms with Gasteiger partial charge in [-0.2, -0.15) is 4.98 Å². The summed E-state index contributed by atoms with van der Waals surface area (Å²) in [5.74, 6) is 2.95. The predicted molar refractivity (Wildman–Crippen MR) is 118 cm³/mol. The van der Waals surface area contributed by atoms with Crippen LogP contribution in [0, 0.1) is 31.6 Å². The lowest BCUT2D eigenvalue weighted by molar-refractivity contribution is -0.000919. The molecule has 5 nitrogen and oxygen atoms in total. The minimum Gasteiger partial charge on any atom is -0.289 e. The van der Waals surface area contributed by atoms with Gasteiger partial charge < -0.3 is 0 Å². The Balaban J connectivity index is 1.51. The third-order valence-corrected chi connectivity index (χ3v) is 8.15. The standard InChI is InChI=1S/C24H27ClN4O/c1-14-4-3-5-15(2)20(14)28-13-19-12-26-22(25)27-21(19)29(23(28)30)24-9-16-6-17(10-24)8-18(7-16)11-24/h3-5,12,16-18H,6-11,13H2,1-2H3. The van der Waals surface area contributed by atoms with Crippen LogP contribution in [-0.2, 0) is 6.54 Å². The molecule has 1 aliphatic heterocycles. The highest BCUT2D eigenvalue weighted by Gasteiger charge is 2.57. The van der Waals surface area contributed by atoms with Gasteiger partial charge in [0.25, 0.3) is 0 Å². The highest BCUT2D eigenvalue weighted by molar-refractivity contribution is 6.28. The van der Waals surface area contributed by atoms with Gasteiger partial charge in [0.05, 0.1) is 17.8 Å². The summed E-state index contributed by atoms with van der Waals surface area (Å²) >= 11 is 6.23. The molecule has 7 rings (SSSR count). The monoisotopic (exact) mass is 422 g/mol. The Hall–Kier alpha value is -2.14. The van der Waals surface area contributed by atoms with Crippen LogP contribution in [0.2, 0.25) is 5.28 Å². The number of fused-ring (bicyclic) bond motifs is 1. The summed E-state index contributed by atoms with van der Waals surface area (Å²) in [4.78, 5) is 27.0. The van der Waals surface area contributed by atoms with E-state index in [1.54, 1.807) is 0 Å². The molecule has 0 saturated heterocycles. The number of nitrogens with zero attached hydrogens (tertiary/aromatic N) is 4. The predicted octanol–water partition coefficient (Wildman–Crippen LogP) is 5.66. The van der Waals surface area contributed by atoms with E-state index < -0.39 is 0 Å². The van der Waals surface area contributed by atoms with Crippen molar-refractivity contribution in [2.45, 2.75) is 64.5 Å². The second-order valence-corrected chi connectivity index (χ2v) is 10.4. The van der Waals surface area contributed by atoms with Gasteiger partial charge in [-0.1, -0.05) is 18.2 Å². The maximum Gasteiger partial charge on any atom is 0.331 e. The first-order valence-electron chi connectivity index (χ1n) is 11.1. The van der Waals surface area contributed by atoms with E-state index in [4.69, 9.17) is 11.6 Å². The topological polar surface area (TPSA) is 49.3 Å². The molecule has 30 heavy (non-hydrogen) atoms. The van der Waals surface area contributed by atoms with Gasteiger partial charge in [-0.05, 0) is 92.9 Å². The highest BCUT2D eigenvalue weighted by atomic mass is 35.5. The molecular weight excluding hydrogens is 396 g/mol. The number of carbonyl (C=O) groups excluding carboxylic acids is 1. The molecule has 1 aromatic heterocycles. The van der Waals surface area contributed by atoms with Crippen molar-refractivity contribution >= 4 is 29.1 Å². The molecule has 5 aliphatic rings. The van der Waals surface area contributed by atoms with E-state index in [1.807, 2.05) is 11.1 Å². The lowest BCUT2D eigenvalue weighted by atomic mass is 9.52. The van der Waals surface area contributed by atoms with Gasteiger partial charge in [-0.25, -0.2) is 9.78 Å². The van der Waals surface area contributed by atoms with Crippen molar-refractivity contribution in [1.29, 1.82) is 0 Å². The van der Waals surface area contributed by atoms with Gasteiger partial charge in [-0.15, -0.1) is 0 Å². The Morgan fingerprint density at radius 3 is 2.23 bits per heavy atom. The first kappa shape index (κ1) is 18.6. The number of anilines is 2. The van der Waals surface area contributed by atoms with Crippen LogP contribution in [0.3, 0.4) is 0 Å². The van der Waals surface area contributed by atoms with Crippen LogP contribution in [0.15, 0.2) is 24.4 Å². The van der Waals surface area contributed by atoms with Crippen molar-refractivity contribution < 1.29 is 4.79 Å². The van der Waals surface area contributed by atoms with Crippen LogP contribution in [0.25, 0.3) is 0 Å². The molecule has 0 radical (unpaired) electrons. The van der Waals surface area contributed by atoms with E-state index in [9.17, 15) is 4.79 Å². The molecule has 2 heterocycles. The van der Waals surface area contributed by atoms with Crippen LogP contribution in [0.4, 0.5) is 16.3 Å². The molecule has 1 aromatic carbocycles. The number of aromatic nitrogens is 2. The molecule has 0 spiro atoms. The number of amides is 2. The minimum atomic E-state index is -0.131. The molecule has 4 saturated carbocycles. The molecule has 6 heteroatoms. The smallest absolute Gasteiger partial charge is 0.289 e. The molecular formula is C24H27ClN4O.